The first-order valence-corrected chi connectivity index (χ1v) is 8.60. The Morgan fingerprint density at radius 3 is 2.17 bits per heavy atom. The van der Waals surface area contributed by atoms with E-state index in [1.807, 2.05) is 32.7 Å². The van der Waals surface area contributed by atoms with Gasteiger partial charge in [0, 0.05) is 25.2 Å². The SMILES string of the molecule is COC(=O)C1(CCN)C[C@H]2CN(C)C[C@@H](C1)N2C(=O)OC(C)(C)C. The fraction of sp³-hybridized carbons (Fsp3) is 0.882. The van der Waals surface area contributed by atoms with E-state index in [1.165, 1.54) is 7.11 Å². The fourth-order valence-corrected chi connectivity index (χ4v) is 4.16. The highest BCUT2D eigenvalue weighted by molar-refractivity contribution is 5.78. The van der Waals surface area contributed by atoms with Gasteiger partial charge in [-0.2, -0.15) is 0 Å². The van der Waals surface area contributed by atoms with Gasteiger partial charge in [-0.05, 0) is 53.6 Å². The molecule has 2 fully saturated rings. The number of carbonyl (C=O) groups is 2. The molecule has 2 saturated heterocycles. The Labute approximate surface area is 144 Å². The molecule has 0 aliphatic carbocycles. The molecule has 3 atom stereocenters. The summed E-state index contributed by atoms with van der Waals surface area (Å²) in [6.07, 6.45) is 1.42. The van der Waals surface area contributed by atoms with Crippen LogP contribution in [0.1, 0.15) is 40.0 Å². The first kappa shape index (κ1) is 19.0. The third-order valence-electron chi connectivity index (χ3n) is 4.93. The predicted molar refractivity (Wildman–Crippen MR) is 90.5 cm³/mol. The van der Waals surface area contributed by atoms with Crippen molar-refractivity contribution in [1.82, 2.24) is 9.80 Å². The minimum Gasteiger partial charge on any atom is -0.469 e. The van der Waals surface area contributed by atoms with E-state index in [1.54, 1.807) is 0 Å². The van der Waals surface area contributed by atoms with Gasteiger partial charge in [0.05, 0.1) is 12.5 Å². The number of esters is 1. The highest BCUT2D eigenvalue weighted by atomic mass is 16.6. The van der Waals surface area contributed by atoms with E-state index in [0.29, 0.717) is 25.8 Å². The quantitative estimate of drug-likeness (QED) is 0.777. The van der Waals surface area contributed by atoms with Crippen molar-refractivity contribution in [3.8, 4) is 0 Å². The molecule has 2 N–H and O–H groups in total. The first-order valence-electron chi connectivity index (χ1n) is 8.60. The molecule has 1 amide bonds. The minimum atomic E-state index is -0.599. The first-order chi connectivity index (χ1) is 11.1. The molecule has 2 bridgehead atoms. The van der Waals surface area contributed by atoms with E-state index in [9.17, 15) is 9.59 Å². The van der Waals surface area contributed by atoms with Crippen molar-refractivity contribution in [3.05, 3.63) is 0 Å². The van der Waals surface area contributed by atoms with Crippen LogP contribution < -0.4 is 5.73 Å². The average molecular weight is 341 g/mol. The van der Waals surface area contributed by atoms with Crippen LogP contribution in [-0.4, -0.2) is 73.3 Å². The zero-order valence-electron chi connectivity index (χ0n) is 15.5. The molecule has 1 unspecified atom stereocenters. The Morgan fingerprint density at radius 1 is 1.21 bits per heavy atom. The lowest BCUT2D eigenvalue weighted by molar-refractivity contribution is -0.162. The van der Waals surface area contributed by atoms with Gasteiger partial charge in [-0.3, -0.25) is 9.69 Å². The molecule has 0 saturated carbocycles. The Balaban J connectivity index is 2.27. The van der Waals surface area contributed by atoms with Crippen LogP contribution in [0.25, 0.3) is 0 Å². The van der Waals surface area contributed by atoms with Crippen LogP contribution in [0.15, 0.2) is 0 Å². The molecule has 0 spiro atoms. The third-order valence-corrected chi connectivity index (χ3v) is 4.93. The van der Waals surface area contributed by atoms with Crippen LogP contribution in [0, 0.1) is 5.41 Å². The van der Waals surface area contributed by atoms with Gasteiger partial charge in [0.25, 0.3) is 0 Å². The normalized spacial score (nSPS) is 30.8. The Hall–Kier alpha value is -1.34. The Morgan fingerprint density at radius 2 is 1.75 bits per heavy atom. The highest BCUT2D eigenvalue weighted by Gasteiger charge is 2.53. The van der Waals surface area contributed by atoms with Crippen molar-refractivity contribution in [3.63, 3.8) is 0 Å². The summed E-state index contributed by atoms with van der Waals surface area (Å²) >= 11 is 0. The summed E-state index contributed by atoms with van der Waals surface area (Å²) in [5.41, 5.74) is 4.63. The number of likely N-dealkylation sites (N-methyl/N-ethyl adjacent to an activating group) is 1. The summed E-state index contributed by atoms with van der Waals surface area (Å²) in [5, 5.41) is 0. The molecule has 0 aromatic carbocycles. The highest BCUT2D eigenvalue weighted by Crippen LogP contribution is 2.44. The topological polar surface area (TPSA) is 85.1 Å². The molecule has 0 radical (unpaired) electrons. The van der Waals surface area contributed by atoms with Crippen LogP contribution in [0.4, 0.5) is 4.79 Å². The number of ether oxygens (including phenoxy) is 2. The van der Waals surface area contributed by atoms with Gasteiger partial charge in [-0.15, -0.1) is 0 Å². The lowest BCUT2D eigenvalue weighted by Gasteiger charge is -2.54. The van der Waals surface area contributed by atoms with Gasteiger partial charge in [0.2, 0.25) is 0 Å². The molecule has 2 rings (SSSR count). The number of methoxy groups -OCH3 is 1. The van der Waals surface area contributed by atoms with E-state index >= 15 is 0 Å². The van der Waals surface area contributed by atoms with Crippen LogP contribution in [0.5, 0.6) is 0 Å². The second kappa shape index (κ2) is 6.88. The number of amides is 1. The standard InChI is InChI=1S/C17H31N3O4/c1-16(2,3)24-15(22)20-12-8-17(6-7-18,14(21)23-5)9-13(20)11-19(4)10-12/h12-13H,6-11,18H2,1-5H3/t12-,13+,17?. The molecule has 24 heavy (non-hydrogen) atoms. The number of fused-ring (bicyclic) bond motifs is 2. The number of hydrogen-bond acceptors (Lipinski definition) is 6. The average Bonchev–Trinajstić information content (AvgIpc) is 2.43. The molecule has 138 valence electrons. The fourth-order valence-electron chi connectivity index (χ4n) is 4.16. The number of rotatable bonds is 3. The Bertz CT molecular complexity index is 473. The molecule has 2 aliphatic heterocycles. The Kier molecular flexibility index (Phi) is 5.44. The number of nitrogens with two attached hydrogens (primary N) is 1. The lowest BCUT2D eigenvalue weighted by atomic mass is 9.68. The van der Waals surface area contributed by atoms with Gasteiger partial charge in [0.15, 0.2) is 0 Å². The lowest BCUT2D eigenvalue weighted by Crippen LogP contribution is -2.66. The minimum absolute atomic E-state index is 0.0667. The van der Waals surface area contributed by atoms with Crippen molar-refractivity contribution < 1.29 is 19.1 Å². The number of likely N-dealkylation sites (tertiary alicyclic amines) is 1. The number of piperidine rings is 1. The monoisotopic (exact) mass is 341 g/mol. The van der Waals surface area contributed by atoms with Gasteiger partial charge in [-0.25, -0.2) is 4.79 Å². The van der Waals surface area contributed by atoms with Crippen LogP contribution in [0.3, 0.4) is 0 Å². The molecule has 7 heteroatoms. The van der Waals surface area contributed by atoms with E-state index in [-0.39, 0.29) is 24.1 Å². The van der Waals surface area contributed by atoms with Crippen LogP contribution in [-0.2, 0) is 14.3 Å². The van der Waals surface area contributed by atoms with Gasteiger partial charge in [0.1, 0.15) is 5.60 Å². The molecule has 0 aromatic rings. The van der Waals surface area contributed by atoms with Crippen molar-refractivity contribution in [2.24, 2.45) is 11.1 Å². The molecule has 2 aliphatic rings. The van der Waals surface area contributed by atoms with E-state index in [4.69, 9.17) is 15.2 Å². The summed E-state index contributed by atoms with van der Waals surface area (Å²) in [4.78, 5) is 29.2. The number of piperazine rings is 1. The van der Waals surface area contributed by atoms with Gasteiger partial charge < -0.3 is 20.1 Å². The molecule has 2 heterocycles. The van der Waals surface area contributed by atoms with Gasteiger partial charge in [-0.1, -0.05) is 0 Å². The number of nitrogens with zero attached hydrogens (tertiary/aromatic N) is 2. The number of hydrogen-bond donors (Lipinski definition) is 1. The molecular formula is C17H31N3O4. The summed E-state index contributed by atoms with van der Waals surface area (Å²) in [7, 11) is 3.46. The molecule has 7 nitrogen and oxygen atoms in total. The van der Waals surface area contributed by atoms with E-state index in [0.717, 1.165) is 13.1 Å². The van der Waals surface area contributed by atoms with Crippen molar-refractivity contribution in [2.75, 3.05) is 33.8 Å². The second-order valence-corrected chi connectivity index (χ2v) is 8.14. The largest absolute Gasteiger partial charge is 0.469 e. The summed E-state index contributed by atoms with van der Waals surface area (Å²) < 4.78 is 10.7. The van der Waals surface area contributed by atoms with Gasteiger partial charge >= 0.3 is 12.1 Å². The maximum atomic E-state index is 12.7. The van der Waals surface area contributed by atoms with E-state index < -0.39 is 11.0 Å². The van der Waals surface area contributed by atoms with Crippen LogP contribution in [0.2, 0.25) is 0 Å². The summed E-state index contributed by atoms with van der Waals surface area (Å²) in [6, 6.07) is -0.133. The zero-order valence-corrected chi connectivity index (χ0v) is 15.5. The maximum Gasteiger partial charge on any atom is 0.410 e. The second-order valence-electron chi connectivity index (χ2n) is 8.14. The van der Waals surface area contributed by atoms with Crippen molar-refractivity contribution in [2.45, 2.75) is 57.7 Å². The zero-order chi connectivity index (χ0) is 18.1. The van der Waals surface area contributed by atoms with Crippen LogP contribution >= 0.6 is 0 Å². The van der Waals surface area contributed by atoms with E-state index in [2.05, 4.69) is 4.90 Å². The smallest absolute Gasteiger partial charge is 0.410 e. The third kappa shape index (κ3) is 3.83. The van der Waals surface area contributed by atoms with Crippen molar-refractivity contribution in [1.29, 1.82) is 0 Å². The maximum absolute atomic E-state index is 12.7. The summed E-state index contributed by atoms with van der Waals surface area (Å²) in [5.74, 6) is -0.212. The molecule has 0 aromatic heterocycles. The molecular weight excluding hydrogens is 310 g/mol. The van der Waals surface area contributed by atoms with Crippen molar-refractivity contribution >= 4 is 12.1 Å². The predicted octanol–water partition coefficient (Wildman–Crippen LogP) is 1.21. The number of carbonyl (C=O) groups excluding carboxylic acids is 2. The summed E-state index contributed by atoms with van der Waals surface area (Å²) in [6.45, 7) is 7.46.